The van der Waals surface area contributed by atoms with Crippen LogP contribution >= 0.6 is 12.2 Å². The van der Waals surface area contributed by atoms with Crippen molar-refractivity contribution in [2.75, 3.05) is 0 Å². The first-order valence-electron chi connectivity index (χ1n) is 6.39. The SMILES string of the molecule is NC(=S)c1cc(F)ccc1Oc1ccc2ccccc2c1. The van der Waals surface area contributed by atoms with Crippen LogP contribution in [0.4, 0.5) is 4.39 Å². The van der Waals surface area contributed by atoms with Gasteiger partial charge in [0.05, 0.1) is 5.56 Å². The average molecular weight is 297 g/mol. The minimum absolute atomic E-state index is 0.102. The highest BCUT2D eigenvalue weighted by Crippen LogP contribution is 2.28. The van der Waals surface area contributed by atoms with E-state index in [1.807, 2.05) is 42.5 Å². The number of ether oxygens (including phenoxy) is 1. The minimum atomic E-state index is -0.399. The molecule has 0 radical (unpaired) electrons. The Hall–Kier alpha value is -2.46. The number of hydrogen-bond acceptors (Lipinski definition) is 2. The molecule has 104 valence electrons. The van der Waals surface area contributed by atoms with Gasteiger partial charge in [0.15, 0.2) is 0 Å². The largest absolute Gasteiger partial charge is 0.457 e. The average Bonchev–Trinajstić information content (AvgIpc) is 2.49. The molecule has 0 aromatic heterocycles. The lowest BCUT2D eigenvalue weighted by Gasteiger charge is -2.11. The summed E-state index contributed by atoms with van der Waals surface area (Å²) >= 11 is 4.93. The number of thiocarbonyl (C=S) groups is 1. The van der Waals surface area contributed by atoms with Gasteiger partial charge < -0.3 is 10.5 Å². The van der Waals surface area contributed by atoms with Crippen molar-refractivity contribution in [3.05, 3.63) is 72.0 Å². The summed E-state index contributed by atoms with van der Waals surface area (Å²) < 4.78 is 19.1. The van der Waals surface area contributed by atoms with Crippen LogP contribution in [0, 0.1) is 5.82 Å². The van der Waals surface area contributed by atoms with Crippen LogP contribution in [0.15, 0.2) is 60.7 Å². The van der Waals surface area contributed by atoms with E-state index in [4.69, 9.17) is 22.7 Å². The van der Waals surface area contributed by atoms with Crippen molar-refractivity contribution < 1.29 is 9.13 Å². The Bertz CT molecular complexity index is 832. The predicted octanol–water partition coefficient (Wildman–Crippen LogP) is 4.41. The molecule has 0 fully saturated rings. The van der Waals surface area contributed by atoms with E-state index in [0.29, 0.717) is 17.1 Å². The van der Waals surface area contributed by atoms with Crippen molar-refractivity contribution in [2.24, 2.45) is 5.73 Å². The molecule has 0 aliphatic carbocycles. The maximum Gasteiger partial charge on any atom is 0.137 e. The van der Waals surface area contributed by atoms with Gasteiger partial charge in [-0.1, -0.05) is 42.5 Å². The summed E-state index contributed by atoms with van der Waals surface area (Å²) in [4.78, 5) is 0.102. The first-order valence-corrected chi connectivity index (χ1v) is 6.80. The first kappa shape index (κ1) is 13.5. The predicted molar refractivity (Wildman–Crippen MR) is 86.3 cm³/mol. The lowest BCUT2D eigenvalue weighted by atomic mass is 10.1. The van der Waals surface area contributed by atoms with Gasteiger partial charge in [0, 0.05) is 0 Å². The molecule has 0 aliphatic rings. The van der Waals surface area contributed by atoms with Crippen LogP contribution in [-0.4, -0.2) is 4.99 Å². The fraction of sp³-hybridized carbons (Fsp3) is 0. The Balaban J connectivity index is 2.00. The van der Waals surface area contributed by atoms with Gasteiger partial charge in [-0.05, 0) is 41.1 Å². The molecule has 0 unspecified atom stereocenters. The molecule has 0 bridgehead atoms. The third-order valence-corrected chi connectivity index (χ3v) is 3.38. The van der Waals surface area contributed by atoms with E-state index in [9.17, 15) is 4.39 Å². The van der Waals surface area contributed by atoms with Crippen LogP contribution in [0.25, 0.3) is 10.8 Å². The van der Waals surface area contributed by atoms with Gasteiger partial charge in [-0.15, -0.1) is 0 Å². The van der Waals surface area contributed by atoms with Crippen LogP contribution in [0.5, 0.6) is 11.5 Å². The van der Waals surface area contributed by atoms with Crippen LogP contribution in [0.1, 0.15) is 5.56 Å². The second-order valence-corrected chi connectivity index (χ2v) is 5.06. The number of hydrogen-bond donors (Lipinski definition) is 1. The summed E-state index contributed by atoms with van der Waals surface area (Å²) in [5.41, 5.74) is 6.00. The molecule has 3 aromatic rings. The molecular formula is C17H12FNOS. The van der Waals surface area contributed by atoms with Crippen molar-refractivity contribution in [1.29, 1.82) is 0 Å². The normalized spacial score (nSPS) is 10.5. The van der Waals surface area contributed by atoms with Crippen molar-refractivity contribution >= 4 is 28.0 Å². The molecule has 0 saturated carbocycles. The minimum Gasteiger partial charge on any atom is -0.457 e. The van der Waals surface area contributed by atoms with Crippen molar-refractivity contribution in [3.63, 3.8) is 0 Å². The molecule has 0 atom stereocenters. The number of nitrogens with two attached hydrogens (primary N) is 1. The molecule has 0 amide bonds. The molecule has 21 heavy (non-hydrogen) atoms. The molecule has 2 N–H and O–H groups in total. The molecule has 0 aliphatic heterocycles. The topological polar surface area (TPSA) is 35.2 Å². The molecular weight excluding hydrogens is 285 g/mol. The van der Waals surface area contributed by atoms with Gasteiger partial charge in [-0.2, -0.15) is 0 Å². The maximum atomic E-state index is 13.3. The fourth-order valence-corrected chi connectivity index (χ4v) is 2.30. The van der Waals surface area contributed by atoms with Gasteiger partial charge in [0.25, 0.3) is 0 Å². The van der Waals surface area contributed by atoms with E-state index in [2.05, 4.69) is 0 Å². The monoisotopic (exact) mass is 297 g/mol. The van der Waals surface area contributed by atoms with Crippen molar-refractivity contribution in [2.45, 2.75) is 0 Å². The van der Waals surface area contributed by atoms with Gasteiger partial charge in [-0.3, -0.25) is 0 Å². The lowest BCUT2D eigenvalue weighted by Crippen LogP contribution is -2.11. The Morgan fingerprint density at radius 2 is 1.71 bits per heavy atom. The highest BCUT2D eigenvalue weighted by molar-refractivity contribution is 7.80. The Morgan fingerprint density at radius 3 is 2.48 bits per heavy atom. The van der Waals surface area contributed by atoms with E-state index in [0.717, 1.165) is 10.8 Å². The number of benzene rings is 3. The second-order valence-electron chi connectivity index (χ2n) is 4.62. The van der Waals surface area contributed by atoms with Gasteiger partial charge >= 0.3 is 0 Å². The third-order valence-electron chi connectivity index (χ3n) is 3.16. The Morgan fingerprint density at radius 1 is 0.952 bits per heavy atom. The van der Waals surface area contributed by atoms with Crippen molar-refractivity contribution in [3.8, 4) is 11.5 Å². The Labute approximate surface area is 127 Å². The molecule has 0 spiro atoms. The van der Waals surface area contributed by atoms with Crippen molar-refractivity contribution in [1.82, 2.24) is 0 Å². The summed E-state index contributed by atoms with van der Waals surface area (Å²) in [6.07, 6.45) is 0. The standard InChI is InChI=1S/C17H12FNOS/c18-13-6-8-16(15(10-13)17(19)21)20-14-7-5-11-3-1-2-4-12(11)9-14/h1-10H,(H2,19,21). The summed E-state index contributed by atoms with van der Waals surface area (Å²) in [6, 6.07) is 17.8. The third kappa shape index (κ3) is 2.85. The van der Waals surface area contributed by atoms with E-state index in [-0.39, 0.29) is 4.99 Å². The maximum absolute atomic E-state index is 13.3. The first-order chi connectivity index (χ1) is 10.1. The quantitative estimate of drug-likeness (QED) is 0.727. The molecule has 4 heteroatoms. The van der Waals surface area contributed by atoms with E-state index < -0.39 is 5.82 Å². The highest BCUT2D eigenvalue weighted by Gasteiger charge is 2.09. The van der Waals surface area contributed by atoms with Crippen LogP contribution in [0.2, 0.25) is 0 Å². The molecule has 3 aromatic carbocycles. The smallest absolute Gasteiger partial charge is 0.137 e. The zero-order valence-corrected chi connectivity index (χ0v) is 11.9. The van der Waals surface area contributed by atoms with E-state index >= 15 is 0 Å². The molecule has 3 rings (SSSR count). The molecule has 0 heterocycles. The lowest BCUT2D eigenvalue weighted by molar-refractivity contribution is 0.480. The summed E-state index contributed by atoms with van der Waals surface area (Å²) in [5, 5.41) is 2.19. The van der Waals surface area contributed by atoms with Crippen LogP contribution in [-0.2, 0) is 0 Å². The zero-order valence-electron chi connectivity index (χ0n) is 11.0. The Kier molecular flexibility index (Phi) is 3.54. The fourth-order valence-electron chi connectivity index (χ4n) is 2.14. The number of fused-ring (bicyclic) bond motifs is 1. The summed E-state index contributed by atoms with van der Waals surface area (Å²) in [5.74, 6) is 0.695. The second kappa shape index (κ2) is 5.50. The van der Waals surface area contributed by atoms with E-state index in [1.54, 1.807) is 0 Å². The summed E-state index contributed by atoms with van der Waals surface area (Å²) in [6.45, 7) is 0. The van der Waals surface area contributed by atoms with E-state index in [1.165, 1.54) is 18.2 Å². The van der Waals surface area contributed by atoms with Gasteiger partial charge in [-0.25, -0.2) is 4.39 Å². The zero-order chi connectivity index (χ0) is 14.8. The molecule has 0 saturated heterocycles. The number of halogens is 1. The van der Waals surface area contributed by atoms with Crippen LogP contribution < -0.4 is 10.5 Å². The molecule has 2 nitrogen and oxygen atoms in total. The summed E-state index contributed by atoms with van der Waals surface area (Å²) in [7, 11) is 0. The van der Waals surface area contributed by atoms with Gasteiger partial charge in [0.1, 0.15) is 22.3 Å². The van der Waals surface area contributed by atoms with Gasteiger partial charge in [0.2, 0.25) is 0 Å². The van der Waals surface area contributed by atoms with Crippen LogP contribution in [0.3, 0.4) is 0 Å². The number of rotatable bonds is 3. The highest BCUT2D eigenvalue weighted by atomic mass is 32.1.